The van der Waals surface area contributed by atoms with E-state index in [4.69, 9.17) is 14.5 Å². The minimum Gasteiger partial charge on any atom is -0.488 e. The molecule has 1 aliphatic heterocycles. The summed E-state index contributed by atoms with van der Waals surface area (Å²) in [6.07, 6.45) is 5.39. The second-order valence-corrected chi connectivity index (χ2v) is 9.23. The molecule has 6 nitrogen and oxygen atoms in total. The summed E-state index contributed by atoms with van der Waals surface area (Å²) in [6.45, 7) is 9.82. The zero-order valence-electron chi connectivity index (χ0n) is 20.1. The van der Waals surface area contributed by atoms with E-state index in [2.05, 4.69) is 17.9 Å². The Morgan fingerprint density at radius 2 is 2.00 bits per heavy atom. The van der Waals surface area contributed by atoms with Gasteiger partial charge in [-0.1, -0.05) is 31.1 Å². The molecule has 33 heavy (non-hydrogen) atoms. The van der Waals surface area contributed by atoms with Crippen molar-refractivity contribution in [2.24, 2.45) is 5.92 Å². The van der Waals surface area contributed by atoms with Gasteiger partial charge < -0.3 is 14.4 Å². The fourth-order valence-electron chi connectivity index (χ4n) is 3.85. The van der Waals surface area contributed by atoms with Crippen LogP contribution < -0.4 is 9.64 Å². The summed E-state index contributed by atoms with van der Waals surface area (Å²) in [5, 5.41) is 3.00. The number of aromatic nitrogens is 1. The third-order valence-corrected chi connectivity index (χ3v) is 6.70. The number of carbonyl (C=O) groups is 2. The third kappa shape index (κ3) is 6.67. The van der Waals surface area contributed by atoms with E-state index in [1.165, 1.54) is 0 Å². The van der Waals surface area contributed by atoms with Crippen LogP contribution in [0.1, 0.15) is 52.0 Å². The van der Waals surface area contributed by atoms with Crippen molar-refractivity contribution in [2.75, 3.05) is 31.2 Å². The molecule has 0 bridgehead atoms. The molecule has 0 atom stereocenters. The number of carbonyl (C=O) groups excluding carboxylic acids is 2. The first-order valence-electron chi connectivity index (χ1n) is 11.7. The molecule has 0 radical (unpaired) electrons. The first-order valence-corrected chi connectivity index (χ1v) is 12.6. The van der Waals surface area contributed by atoms with Crippen LogP contribution in [-0.2, 0) is 14.3 Å². The number of unbranched alkanes of at least 4 members (excludes halogenated alkanes) is 1. The molecule has 3 rings (SSSR count). The highest BCUT2D eigenvalue weighted by Crippen LogP contribution is 2.35. The number of hydrogen-bond acceptors (Lipinski definition) is 7. The van der Waals surface area contributed by atoms with Crippen molar-refractivity contribution in [1.82, 2.24) is 4.98 Å². The lowest BCUT2D eigenvalue weighted by molar-refractivity contribution is -0.148. The molecule has 2 heterocycles. The van der Waals surface area contributed by atoms with E-state index in [0.717, 1.165) is 66.5 Å². The first kappa shape index (κ1) is 25.0. The number of esters is 1. The van der Waals surface area contributed by atoms with Crippen molar-refractivity contribution in [1.29, 1.82) is 0 Å². The predicted octanol–water partition coefficient (Wildman–Crippen LogP) is 5.59. The molecular weight excluding hydrogens is 436 g/mol. The molecule has 1 fully saturated rings. The Morgan fingerprint density at radius 3 is 2.67 bits per heavy atom. The topological polar surface area (TPSA) is 68.7 Å². The van der Waals surface area contributed by atoms with Gasteiger partial charge in [0.2, 0.25) is 0 Å². The molecule has 1 aromatic carbocycles. The van der Waals surface area contributed by atoms with Crippen molar-refractivity contribution in [3.05, 3.63) is 40.8 Å². The number of benzene rings is 1. The lowest BCUT2D eigenvalue weighted by Crippen LogP contribution is -2.36. The summed E-state index contributed by atoms with van der Waals surface area (Å²) < 4.78 is 11.3. The number of anilines is 1. The number of ketones is 1. The highest BCUT2D eigenvalue weighted by Gasteiger charge is 2.27. The molecule has 1 aromatic heterocycles. The van der Waals surface area contributed by atoms with E-state index >= 15 is 0 Å². The third-order valence-electron chi connectivity index (χ3n) is 5.80. The zero-order valence-corrected chi connectivity index (χ0v) is 20.9. The van der Waals surface area contributed by atoms with Crippen LogP contribution in [0.15, 0.2) is 35.2 Å². The van der Waals surface area contributed by atoms with Gasteiger partial charge in [0.05, 0.1) is 18.2 Å². The van der Waals surface area contributed by atoms with Crippen LogP contribution in [0.5, 0.6) is 5.75 Å². The Labute approximate surface area is 200 Å². The average Bonchev–Trinajstić information content (AvgIpc) is 3.30. The fraction of sp³-hybridized carbons (Fsp3) is 0.500. The van der Waals surface area contributed by atoms with Crippen molar-refractivity contribution < 1.29 is 19.1 Å². The van der Waals surface area contributed by atoms with Gasteiger partial charge in [-0.25, -0.2) is 4.98 Å². The number of aryl methyl sites for hydroxylation is 1. The fourth-order valence-corrected chi connectivity index (χ4v) is 4.73. The van der Waals surface area contributed by atoms with Gasteiger partial charge in [0.25, 0.3) is 0 Å². The standard InChI is InChI=1S/C26H34N2O4S/c1-5-7-8-21(19(4)29)16-32-24-10-9-18(3)15-22(24)23-17-33-26(27-23)28-13-11-20(12-14-28)25(30)31-6-2/h8-10,15,17,20H,5-7,11-14,16H2,1-4H3/b21-8-. The van der Waals surface area contributed by atoms with E-state index in [-0.39, 0.29) is 24.3 Å². The number of thiazole rings is 1. The maximum atomic E-state index is 12.0. The van der Waals surface area contributed by atoms with Gasteiger partial charge in [-0.05, 0) is 52.2 Å². The molecule has 0 N–H and O–H groups in total. The van der Waals surface area contributed by atoms with Gasteiger partial charge in [-0.15, -0.1) is 11.3 Å². The highest BCUT2D eigenvalue weighted by molar-refractivity contribution is 7.14. The summed E-state index contributed by atoms with van der Waals surface area (Å²) in [5.41, 5.74) is 3.61. The number of hydrogen-bond donors (Lipinski definition) is 0. The minimum absolute atomic E-state index is 0.0198. The average molecular weight is 471 g/mol. The summed E-state index contributed by atoms with van der Waals surface area (Å²) in [4.78, 5) is 31.1. The molecule has 7 heteroatoms. The van der Waals surface area contributed by atoms with E-state index in [1.54, 1.807) is 18.3 Å². The van der Waals surface area contributed by atoms with Crippen LogP contribution in [-0.4, -0.2) is 43.0 Å². The number of rotatable bonds is 10. The Morgan fingerprint density at radius 1 is 1.24 bits per heavy atom. The van der Waals surface area contributed by atoms with Gasteiger partial charge in [0, 0.05) is 29.6 Å². The Balaban J connectivity index is 1.72. The van der Waals surface area contributed by atoms with Gasteiger partial charge in [0.15, 0.2) is 10.9 Å². The predicted molar refractivity (Wildman–Crippen MR) is 133 cm³/mol. The molecule has 178 valence electrons. The molecule has 1 aliphatic rings. The maximum Gasteiger partial charge on any atom is 0.309 e. The number of ether oxygens (including phenoxy) is 2. The zero-order chi connectivity index (χ0) is 23.8. The molecule has 0 unspecified atom stereocenters. The van der Waals surface area contributed by atoms with Gasteiger partial charge >= 0.3 is 5.97 Å². The van der Waals surface area contributed by atoms with E-state index in [0.29, 0.717) is 12.2 Å². The summed E-state index contributed by atoms with van der Waals surface area (Å²) in [6, 6.07) is 6.03. The molecule has 0 spiro atoms. The van der Waals surface area contributed by atoms with E-state index < -0.39 is 0 Å². The second kappa shape index (κ2) is 12.0. The smallest absolute Gasteiger partial charge is 0.309 e. The lowest BCUT2D eigenvalue weighted by Gasteiger charge is -2.30. The first-order chi connectivity index (χ1) is 15.9. The molecule has 0 amide bonds. The van der Waals surface area contributed by atoms with Crippen LogP contribution in [0.25, 0.3) is 11.3 Å². The number of nitrogens with zero attached hydrogens (tertiary/aromatic N) is 2. The summed E-state index contributed by atoms with van der Waals surface area (Å²) in [5.74, 6) is 0.659. The molecule has 0 saturated carbocycles. The van der Waals surface area contributed by atoms with Crippen molar-refractivity contribution >= 4 is 28.2 Å². The van der Waals surface area contributed by atoms with Gasteiger partial charge in [-0.2, -0.15) is 0 Å². The highest BCUT2D eigenvalue weighted by atomic mass is 32.1. The summed E-state index contributed by atoms with van der Waals surface area (Å²) >= 11 is 1.60. The summed E-state index contributed by atoms with van der Waals surface area (Å²) in [7, 11) is 0. The normalized spacial score (nSPS) is 14.9. The maximum absolute atomic E-state index is 12.0. The minimum atomic E-state index is -0.0866. The Kier molecular flexibility index (Phi) is 9.06. The molecular formula is C26H34N2O4S. The number of allylic oxidation sites excluding steroid dienone is 1. The quantitative estimate of drug-likeness (QED) is 0.333. The van der Waals surface area contributed by atoms with Crippen molar-refractivity contribution in [3.8, 4) is 17.0 Å². The van der Waals surface area contributed by atoms with Gasteiger partial charge in [-0.3, -0.25) is 9.59 Å². The Hall–Kier alpha value is -2.67. The SMILES string of the molecule is CCC/C=C(/COc1ccc(C)cc1-c1csc(N2CCC(C(=O)OCC)CC2)n1)C(C)=O. The largest absolute Gasteiger partial charge is 0.488 e. The second-order valence-electron chi connectivity index (χ2n) is 8.39. The van der Waals surface area contributed by atoms with E-state index in [9.17, 15) is 9.59 Å². The van der Waals surface area contributed by atoms with Crippen LogP contribution >= 0.6 is 11.3 Å². The monoisotopic (exact) mass is 470 g/mol. The van der Waals surface area contributed by atoms with Crippen molar-refractivity contribution in [3.63, 3.8) is 0 Å². The van der Waals surface area contributed by atoms with Crippen LogP contribution in [0.4, 0.5) is 5.13 Å². The Bertz CT molecular complexity index is 990. The van der Waals surface area contributed by atoms with E-state index in [1.807, 2.05) is 37.4 Å². The molecule has 1 saturated heterocycles. The molecule has 0 aliphatic carbocycles. The van der Waals surface area contributed by atoms with Crippen molar-refractivity contribution in [2.45, 2.75) is 53.4 Å². The van der Waals surface area contributed by atoms with Gasteiger partial charge in [0.1, 0.15) is 12.4 Å². The lowest BCUT2D eigenvalue weighted by atomic mass is 9.97. The number of piperidine rings is 1. The van der Waals surface area contributed by atoms with Crippen LogP contribution in [0.3, 0.4) is 0 Å². The number of Topliss-reactive ketones (excluding diaryl/α,β-unsaturated/α-hetero) is 1. The van der Waals surface area contributed by atoms with Crippen LogP contribution in [0, 0.1) is 12.8 Å². The van der Waals surface area contributed by atoms with Crippen LogP contribution in [0.2, 0.25) is 0 Å². The molecule has 2 aromatic rings.